The minimum atomic E-state index is 0.00376. The van der Waals surface area contributed by atoms with Crippen molar-refractivity contribution in [2.45, 2.75) is 6.61 Å². The molecule has 0 heterocycles. The van der Waals surface area contributed by atoms with E-state index in [1.165, 1.54) is 0 Å². The summed E-state index contributed by atoms with van der Waals surface area (Å²) >= 11 is 0. The Morgan fingerprint density at radius 3 is 2.59 bits per heavy atom. The van der Waals surface area contributed by atoms with Gasteiger partial charge in [-0.3, -0.25) is 0 Å². The standard InChI is InChI=1S/C14H14O3/c1-17-14-7-12(6-13(16)8-14)11-4-2-3-10(5-11)9-15/h2-8,15-16H,9H2,1H3. The predicted molar refractivity (Wildman–Crippen MR) is 66.0 cm³/mol. The molecule has 0 aliphatic heterocycles. The maximum Gasteiger partial charge on any atom is 0.123 e. The van der Waals surface area contributed by atoms with E-state index >= 15 is 0 Å². The van der Waals surface area contributed by atoms with Crippen LogP contribution in [0.25, 0.3) is 11.1 Å². The summed E-state index contributed by atoms with van der Waals surface area (Å²) in [5, 5.41) is 18.7. The lowest BCUT2D eigenvalue weighted by Crippen LogP contribution is -1.87. The number of aliphatic hydroxyl groups is 1. The van der Waals surface area contributed by atoms with Crippen molar-refractivity contribution in [1.82, 2.24) is 0 Å². The fourth-order valence-corrected chi connectivity index (χ4v) is 1.72. The molecule has 2 aromatic carbocycles. The SMILES string of the molecule is COc1cc(O)cc(-c2cccc(CO)c2)c1. The Labute approximate surface area is 99.9 Å². The number of rotatable bonds is 3. The first-order valence-corrected chi connectivity index (χ1v) is 5.31. The number of hydrogen-bond donors (Lipinski definition) is 2. The van der Waals surface area contributed by atoms with Crippen LogP contribution in [0, 0.1) is 0 Å². The van der Waals surface area contributed by atoms with Crippen LogP contribution in [0.5, 0.6) is 11.5 Å². The Balaban J connectivity index is 2.47. The van der Waals surface area contributed by atoms with Crippen LogP contribution in [0.1, 0.15) is 5.56 Å². The minimum absolute atomic E-state index is 0.00376. The van der Waals surface area contributed by atoms with Gasteiger partial charge in [-0.25, -0.2) is 0 Å². The van der Waals surface area contributed by atoms with Crippen LogP contribution in [-0.2, 0) is 6.61 Å². The number of hydrogen-bond acceptors (Lipinski definition) is 3. The van der Waals surface area contributed by atoms with Gasteiger partial charge < -0.3 is 14.9 Å². The fourth-order valence-electron chi connectivity index (χ4n) is 1.72. The summed E-state index contributed by atoms with van der Waals surface area (Å²) in [6, 6.07) is 12.6. The summed E-state index contributed by atoms with van der Waals surface area (Å²) in [7, 11) is 1.56. The molecule has 17 heavy (non-hydrogen) atoms. The third kappa shape index (κ3) is 2.57. The molecule has 0 radical (unpaired) electrons. The van der Waals surface area contributed by atoms with Crippen molar-refractivity contribution in [3.8, 4) is 22.6 Å². The van der Waals surface area contributed by atoms with Gasteiger partial charge in [0.15, 0.2) is 0 Å². The molecule has 2 N–H and O–H groups in total. The van der Waals surface area contributed by atoms with Crippen molar-refractivity contribution < 1.29 is 14.9 Å². The molecule has 0 aliphatic carbocycles. The summed E-state index contributed by atoms with van der Waals surface area (Å²) in [6.45, 7) is 0.00376. The minimum Gasteiger partial charge on any atom is -0.508 e. The number of ether oxygens (including phenoxy) is 1. The van der Waals surface area contributed by atoms with Gasteiger partial charge in [0.1, 0.15) is 11.5 Å². The fraction of sp³-hybridized carbons (Fsp3) is 0.143. The van der Waals surface area contributed by atoms with Gasteiger partial charge >= 0.3 is 0 Å². The number of benzene rings is 2. The number of phenols is 1. The van der Waals surface area contributed by atoms with Crippen molar-refractivity contribution in [3.63, 3.8) is 0 Å². The van der Waals surface area contributed by atoms with Crippen LogP contribution in [0.3, 0.4) is 0 Å². The van der Waals surface area contributed by atoms with Gasteiger partial charge in [0.2, 0.25) is 0 Å². The van der Waals surface area contributed by atoms with Crippen LogP contribution in [0.2, 0.25) is 0 Å². The zero-order valence-corrected chi connectivity index (χ0v) is 9.55. The Bertz CT molecular complexity index is 521. The third-order valence-corrected chi connectivity index (χ3v) is 2.57. The Kier molecular flexibility index (Phi) is 3.30. The van der Waals surface area contributed by atoms with Crippen LogP contribution in [0.4, 0.5) is 0 Å². The Hall–Kier alpha value is -2.00. The molecule has 0 aliphatic rings. The number of aliphatic hydroxyl groups excluding tert-OH is 1. The Morgan fingerprint density at radius 2 is 1.88 bits per heavy atom. The molecular weight excluding hydrogens is 216 g/mol. The number of methoxy groups -OCH3 is 1. The van der Waals surface area contributed by atoms with Gasteiger partial charge in [-0.05, 0) is 34.9 Å². The molecule has 3 nitrogen and oxygen atoms in total. The molecule has 0 spiro atoms. The average Bonchev–Trinajstić information content (AvgIpc) is 2.38. The smallest absolute Gasteiger partial charge is 0.123 e. The van der Waals surface area contributed by atoms with Gasteiger partial charge in [-0.2, -0.15) is 0 Å². The van der Waals surface area contributed by atoms with E-state index < -0.39 is 0 Å². The monoisotopic (exact) mass is 230 g/mol. The van der Waals surface area contributed by atoms with Crippen molar-refractivity contribution in [2.24, 2.45) is 0 Å². The molecule has 88 valence electrons. The summed E-state index contributed by atoms with van der Waals surface area (Å²) < 4.78 is 5.10. The molecule has 0 unspecified atom stereocenters. The first-order chi connectivity index (χ1) is 8.22. The molecule has 2 aromatic rings. The molecule has 0 bridgehead atoms. The normalized spacial score (nSPS) is 10.2. The highest BCUT2D eigenvalue weighted by molar-refractivity contribution is 5.67. The third-order valence-electron chi connectivity index (χ3n) is 2.57. The quantitative estimate of drug-likeness (QED) is 0.852. The lowest BCUT2D eigenvalue weighted by Gasteiger charge is -2.07. The van der Waals surface area contributed by atoms with E-state index in [0.29, 0.717) is 5.75 Å². The maximum absolute atomic E-state index is 9.58. The van der Waals surface area contributed by atoms with Gasteiger partial charge in [0, 0.05) is 6.07 Å². The molecule has 0 aromatic heterocycles. The molecular formula is C14H14O3. The molecule has 0 fully saturated rings. The van der Waals surface area contributed by atoms with Crippen LogP contribution < -0.4 is 4.74 Å². The van der Waals surface area contributed by atoms with Gasteiger partial charge in [0.05, 0.1) is 13.7 Å². The van der Waals surface area contributed by atoms with Crippen molar-refractivity contribution in [2.75, 3.05) is 7.11 Å². The van der Waals surface area contributed by atoms with Gasteiger partial charge in [-0.1, -0.05) is 18.2 Å². The predicted octanol–water partition coefficient (Wildman–Crippen LogP) is 2.56. The number of aromatic hydroxyl groups is 1. The lowest BCUT2D eigenvalue weighted by atomic mass is 10.0. The lowest BCUT2D eigenvalue weighted by molar-refractivity contribution is 0.282. The first kappa shape index (κ1) is 11.5. The topological polar surface area (TPSA) is 49.7 Å². The largest absolute Gasteiger partial charge is 0.508 e. The van der Waals surface area contributed by atoms with E-state index in [2.05, 4.69) is 0 Å². The van der Waals surface area contributed by atoms with Crippen molar-refractivity contribution in [1.29, 1.82) is 0 Å². The summed E-state index contributed by atoms with van der Waals surface area (Å²) in [4.78, 5) is 0. The van der Waals surface area contributed by atoms with E-state index in [0.717, 1.165) is 16.7 Å². The number of phenolic OH excluding ortho intramolecular Hbond substituents is 1. The second kappa shape index (κ2) is 4.89. The van der Waals surface area contributed by atoms with Crippen LogP contribution >= 0.6 is 0 Å². The van der Waals surface area contributed by atoms with E-state index in [-0.39, 0.29) is 12.4 Å². The van der Waals surface area contributed by atoms with E-state index in [4.69, 9.17) is 9.84 Å². The molecule has 0 amide bonds. The highest BCUT2D eigenvalue weighted by Crippen LogP contribution is 2.29. The summed E-state index contributed by atoms with van der Waals surface area (Å²) in [5.74, 6) is 0.767. The van der Waals surface area contributed by atoms with Gasteiger partial charge in [0.25, 0.3) is 0 Å². The van der Waals surface area contributed by atoms with E-state index in [1.807, 2.05) is 30.3 Å². The summed E-state index contributed by atoms with van der Waals surface area (Å²) in [5.41, 5.74) is 2.63. The molecule has 0 saturated heterocycles. The summed E-state index contributed by atoms with van der Waals surface area (Å²) in [6.07, 6.45) is 0. The highest BCUT2D eigenvalue weighted by Gasteiger charge is 2.03. The second-order valence-corrected chi connectivity index (χ2v) is 3.78. The van der Waals surface area contributed by atoms with Crippen molar-refractivity contribution in [3.05, 3.63) is 48.0 Å². The van der Waals surface area contributed by atoms with Crippen LogP contribution in [-0.4, -0.2) is 17.3 Å². The van der Waals surface area contributed by atoms with E-state index in [1.54, 1.807) is 19.2 Å². The van der Waals surface area contributed by atoms with Crippen molar-refractivity contribution >= 4 is 0 Å². The molecule has 2 rings (SSSR count). The van der Waals surface area contributed by atoms with Crippen LogP contribution in [0.15, 0.2) is 42.5 Å². The Morgan fingerprint density at radius 1 is 1.06 bits per heavy atom. The first-order valence-electron chi connectivity index (χ1n) is 5.31. The van der Waals surface area contributed by atoms with E-state index in [9.17, 15) is 5.11 Å². The highest BCUT2D eigenvalue weighted by atomic mass is 16.5. The molecule has 3 heteroatoms. The second-order valence-electron chi connectivity index (χ2n) is 3.78. The maximum atomic E-state index is 9.58. The molecule has 0 atom stereocenters. The molecule has 0 saturated carbocycles. The zero-order chi connectivity index (χ0) is 12.3. The zero-order valence-electron chi connectivity index (χ0n) is 9.55. The van der Waals surface area contributed by atoms with Gasteiger partial charge in [-0.15, -0.1) is 0 Å². The average molecular weight is 230 g/mol.